The van der Waals surface area contributed by atoms with Crippen LogP contribution in [0.15, 0.2) is 42.6 Å². The van der Waals surface area contributed by atoms with Crippen molar-refractivity contribution in [1.82, 2.24) is 9.97 Å². The number of nitrogens with two attached hydrogens (primary N) is 1. The molecule has 0 fully saturated rings. The van der Waals surface area contributed by atoms with E-state index in [9.17, 15) is 9.90 Å². The molecule has 4 aromatic rings. The average molecular weight is 399 g/mol. The summed E-state index contributed by atoms with van der Waals surface area (Å²) in [5.74, 6) is -0.420. The third-order valence-electron chi connectivity index (χ3n) is 5.85. The van der Waals surface area contributed by atoms with Crippen molar-refractivity contribution < 1.29 is 9.90 Å². The fourth-order valence-electron chi connectivity index (χ4n) is 4.21. The normalized spacial score (nSPS) is 11.3. The predicted octanol–water partition coefficient (Wildman–Crippen LogP) is 5.03. The first kappa shape index (κ1) is 19.8. The van der Waals surface area contributed by atoms with E-state index in [2.05, 4.69) is 28.2 Å². The van der Waals surface area contributed by atoms with Crippen LogP contribution in [0.25, 0.3) is 21.8 Å². The predicted molar refractivity (Wildman–Crippen MR) is 121 cm³/mol. The Morgan fingerprint density at radius 3 is 2.60 bits per heavy atom. The van der Waals surface area contributed by atoms with E-state index in [1.807, 2.05) is 39.1 Å². The van der Waals surface area contributed by atoms with Crippen LogP contribution < -0.4 is 5.73 Å². The van der Waals surface area contributed by atoms with Crippen LogP contribution in [-0.4, -0.2) is 21.0 Å². The van der Waals surface area contributed by atoms with Gasteiger partial charge in [-0.25, -0.2) is 9.78 Å². The zero-order valence-corrected chi connectivity index (χ0v) is 17.5. The first-order valence-corrected chi connectivity index (χ1v) is 10.2. The Morgan fingerprint density at radius 1 is 1.07 bits per heavy atom. The van der Waals surface area contributed by atoms with Gasteiger partial charge < -0.3 is 10.8 Å². The largest absolute Gasteiger partial charge is 0.478 e. The van der Waals surface area contributed by atoms with Crippen LogP contribution >= 0.6 is 0 Å². The van der Waals surface area contributed by atoms with Crippen LogP contribution in [0.1, 0.15) is 45.1 Å². The van der Waals surface area contributed by atoms with Crippen molar-refractivity contribution >= 4 is 33.6 Å². The lowest BCUT2D eigenvalue weighted by Crippen LogP contribution is -2.07. The minimum Gasteiger partial charge on any atom is -0.478 e. The number of carbonyl (C=O) groups is 1. The molecule has 0 aliphatic rings. The molecule has 0 spiro atoms. The molecule has 152 valence electrons. The van der Waals surface area contributed by atoms with Gasteiger partial charge in [0.05, 0.1) is 11.1 Å². The number of pyridine rings is 2. The van der Waals surface area contributed by atoms with Crippen molar-refractivity contribution in [2.24, 2.45) is 0 Å². The van der Waals surface area contributed by atoms with E-state index in [1.165, 1.54) is 5.56 Å². The lowest BCUT2D eigenvalue weighted by molar-refractivity contribution is 0.0695. The Bertz CT molecular complexity index is 1300. The number of nitrogens with zero attached hydrogens (tertiary/aromatic N) is 2. The summed E-state index contributed by atoms with van der Waals surface area (Å²) < 4.78 is 0. The number of hydrogen-bond acceptors (Lipinski definition) is 4. The number of anilines is 1. The zero-order chi connectivity index (χ0) is 21.4. The molecule has 2 aromatic heterocycles. The maximum Gasteiger partial charge on any atom is 0.335 e. The molecule has 0 aliphatic carbocycles. The van der Waals surface area contributed by atoms with Crippen molar-refractivity contribution in [2.75, 3.05) is 5.73 Å². The SMILES string of the molecule is CCc1c(C(=O)O)ccc(CCc2cnc3c(N)nc4cc(C)ccc4c3c2)c1C. The molecule has 0 amide bonds. The molecule has 3 N–H and O–H groups in total. The van der Waals surface area contributed by atoms with Crippen molar-refractivity contribution in [2.45, 2.75) is 40.0 Å². The van der Waals surface area contributed by atoms with Gasteiger partial charge in [-0.1, -0.05) is 25.1 Å². The second-order valence-corrected chi connectivity index (χ2v) is 7.79. The molecule has 0 atom stereocenters. The van der Waals surface area contributed by atoms with Gasteiger partial charge in [-0.15, -0.1) is 0 Å². The van der Waals surface area contributed by atoms with E-state index < -0.39 is 5.97 Å². The lowest BCUT2D eigenvalue weighted by Gasteiger charge is -2.14. The van der Waals surface area contributed by atoms with Crippen molar-refractivity contribution in [1.29, 1.82) is 0 Å². The van der Waals surface area contributed by atoms with Crippen LogP contribution in [0.4, 0.5) is 5.82 Å². The van der Waals surface area contributed by atoms with E-state index in [0.29, 0.717) is 17.8 Å². The highest BCUT2D eigenvalue weighted by Gasteiger charge is 2.14. The van der Waals surface area contributed by atoms with E-state index in [1.54, 1.807) is 6.07 Å². The summed E-state index contributed by atoms with van der Waals surface area (Å²) in [6.45, 7) is 6.05. The van der Waals surface area contributed by atoms with Crippen LogP contribution in [0.2, 0.25) is 0 Å². The molecular formula is C25H25N3O2. The molecule has 0 aliphatic heterocycles. The molecule has 5 heteroatoms. The fraction of sp³-hybridized carbons (Fsp3) is 0.240. The highest BCUT2D eigenvalue weighted by Crippen LogP contribution is 2.28. The molecular weight excluding hydrogens is 374 g/mol. The molecule has 0 radical (unpaired) electrons. The monoisotopic (exact) mass is 399 g/mol. The van der Waals surface area contributed by atoms with Crippen molar-refractivity contribution in [3.63, 3.8) is 0 Å². The Morgan fingerprint density at radius 2 is 1.87 bits per heavy atom. The quantitative estimate of drug-likeness (QED) is 0.460. The number of fused-ring (bicyclic) bond motifs is 3. The van der Waals surface area contributed by atoms with Gasteiger partial charge in [0.15, 0.2) is 5.82 Å². The molecule has 0 saturated carbocycles. The molecule has 2 heterocycles. The average Bonchev–Trinajstić information content (AvgIpc) is 2.72. The van der Waals surface area contributed by atoms with Gasteiger partial charge in [0.25, 0.3) is 0 Å². The topological polar surface area (TPSA) is 89.1 Å². The van der Waals surface area contributed by atoms with Crippen LogP contribution in [0.3, 0.4) is 0 Å². The number of benzene rings is 2. The van der Waals surface area contributed by atoms with Gasteiger partial charge in [-0.3, -0.25) is 4.98 Å². The number of aromatic nitrogens is 2. The highest BCUT2D eigenvalue weighted by molar-refractivity contribution is 6.08. The standard InChI is InChI=1S/C25H25N3O2/c1-4-18-15(3)17(8-10-20(18)25(29)30)7-6-16-12-21-19-9-5-14(2)11-22(19)28-24(26)23(21)27-13-16/h5,8-13H,4,6-7H2,1-3H3,(H2,26,28)(H,29,30). The van der Waals surface area contributed by atoms with Crippen LogP contribution in [0.5, 0.6) is 0 Å². The van der Waals surface area contributed by atoms with Gasteiger partial charge in [0.2, 0.25) is 0 Å². The fourth-order valence-corrected chi connectivity index (χ4v) is 4.21. The molecule has 0 unspecified atom stereocenters. The summed E-state index contributed by atoms with van der Waals surface area (Å²) in [4.78, 5) is 20.6. The van der Waals surface area contributed by atoms with E-state index in [4.69, 9.17) is 5.73 Å². The number of aryl methyl sites for hydroxylation is 3. The van der Waals surface area contributed by atoms with E-state index >= 15 is 0 Å². The molecule has 30 heavy (non-hydrogen) atoms. The minimum atomic E-state index is -0.867. The Labute approximate surface area is 175 Å². The summed E-state index contributed by atoms with van der Waals surface area (Å²) in [7, 11) is 0. The summed E-state index contributed by atoms with van der Waals surface area (Å²) in [5.41, 5.74) is 13.6. The van der Waals surface area contributed by atoms with Crippen molar-refractivity contribution in [3.8, 4) is 0 Å². The number of carboxylic acids is 1. The van der Waals surface area contributed by atoms with Crippen LogP contribution in [0, 0.1) is 13.8 Å². The number of hydrogen-bond donors (Lipinski definition) is 2. The third kappa shape index (κ3) is 3.47. The van der Waals surface area contributed by atoms with Gasteiger partial charge in [-0.2, -0.15) is 0 Å². The number of nitrogen functional groups attached to an aromatic ring is 1. The summed E-state index contributed by atoms with van der Waals surface area (Å²) in [5, 5.41) is 11.5. The number of rotatable bonds is 5. The second-order valence-electron chi connectivity index (χ2n) is 7.79. The third-order valence-corrected chi connectivity index (χ3v) is 5.85. The zero-order valence-electron chi connectivity index (χ0n) is 17.5. The smallest absolute Gasteiger partial charge is 0.335 e. The second kappa shape index (κ2) is 7.75. The lowest BCUT2D eigenvalue weighted by atomic mass is 9.92. The number of carboxylic acid groups (broad SMARTS) is 1. The Kier molecular flexibility index (Phi) is 5.12. The van der Waals surface area contributed by atoms with Gasteiger partial charge >= 0.3 is 5.97 Å². The van der Waals surface area contributed by atoms with E-state index in [0.717, 1.165) is 56.9 Å². The first-order chi connectivity index (χ1) is 14.4. The van der Waals surface area contributed by atoms with Crippen LogP contribution in [-0.2, 0) is 19.3 Å². The summed E-state index contributed by atoms with van der Waals surface area (Å²) in [6, 6.07) is 12.0. The minimum absolute atomic E-state index is 0.399. The first-order valence-electron chi connectivity index (χ1n) is 10.2. The van der Waals surface area contributed by atoms with E-state index in [-0.39, 0.29) is 0 Å². The molecule has 2 aromatic carbocycles. The number of aromatic carboxylic acids is 1. The summed E-state index contributed by atoms with van der Waals surface area (Å²) >= 11 is 0. The molecule has 0 saturated heterocycles. The summed E-state index contributed by atoms with van der Waals surface area (Å²) in [6.07, 6.45) is 4.21. The van der Waals surface area contributed by atoms with Gasteiger partial charge in [0.1, 0.15) is 5.52 Å². The highest BCUT2D eigenvalue weighted by atomic mass is 16.4. The maximum atomic E-state index is 11.5. The Hall–Kier alpha value is -3.47. The Balaban J connectivity index is 1.70. The molecule has 0 bridgehead atoms. The maximum absolute atomic E-state index is 11.5. The molecule has 5 nitrogen and oxygen atoms in total. The van der Waals surface area contributed by atoms with Gasteiger partial charge in [-0.05, 0) is 79.1 Å². The van der Waals surface area contributed by atoms with Gasteiger partial charge in [0, 0.05) is 17.0 Å². The van der Waals surface area contributed by atoms with Crippen molar-refractivity contribution in [3.05, 3.63) is 76.0 Å². The molecule has 4 rings (SSSR count).